The van der Waals surface area contributed by atoms with Crippen LogP contribution in [-0.2, 0) is 18.3 Å². The lowest BCUT2D eigenvalue weighted by Crippen LogP contribution is -2.22. The molecule has 0 bridgehead atoms. The van der Waals surface area contributed by atoms with E-state index < -0.39 is 0 Å². The van der Waals surface area contributed by atoms with Gasteiger partial charge in [0.15, 0.2) is 0 Å². The molecular formula is C16H19N3O2. The van der Waals surface area contributed by atoms with Gasteiger partial charge >= 0.3 is 0 Å². The molecule has 1 heterocycles. The Morgan fingerprint density at radius 1 is 1.29 bits per heavy atom. The van der Waals surface area contributed by atoms with Gasteiger partial charge in [-0.2, -0.15) is 5.10 Å². The Balaban J connectivity index is 2.02. The summed E-state index contributed by atoms with van der Waals surface area (Å²) in [5, 5.41) is 13.5. The van der Waals surface area contributed by atoms with Gasteiger partial charge in [-0.05, 0) is 48.4 Å². The standard InChI is InChI=1S/C16H19N3O2/c1-3-15(12-6-8-14(20)9-7-12)17-18-16(21)11-13-5-4-10-19(13)2/h4-10,20H,3,11H2,1-2H3,(H,18,21)/b17-15-. The Morgan fingerprint density at radius 3 is 2.57 bits per heavy atom. The summed E-state index contributed by atoms with van der Waals surface area (Å²) in [6.45, 7) is 1.97. The number of nitrogens with one attached hydrogen (secondary N) is 1. The fourth-order valence-corrected chi connectivity index (χ4v) is 2.02. The smallest absolute Gasteiger partial charge is 0.246 e. The van der Waals surface area contributed by atoms with Gasteiger partial charge in [-0.25, -0.2) is 5.43 Å². The molecule has 2 rings (SSSR count). The number of benzene rings is 1. The van der Waals surface area contributed by atoms with Gasteiger partial charge in [0.1, 0.15) is 5.75 Å². The van der Waals surface area contributed by atoms with Crippen molar-refractivity contribution in [2.45, 2.75) is 19.8 Å². The second-order valence-corrected chi connectivity index (χ2v) is 4.78. The van der Waals surface area contributed by atoms with E-state index in [1.54, 1.807) is 24.3 Å². The molecule has 0 atom stereocenters. The maximum atomic E-state index is 11.9. The summed E-state index contributed by atoms with van der Waals surface area (Å²) in [6, 6.07) is 10.6. The highest BCUT2D eigenvalue weighted by molar-refractivity contribution is 6.01. The summed E-state index contributed by atoms with van der Waals surface area (Å²) in [4.78, 5) is 11.9. The van der Waals surface area contributed by atoms with Crippen molar-refractivity contribution in [3.8, 4) is 5.75 Å². The number of hydrogen-bond donors (Lipinski definition) is 2. The molecule has 21 heavy (non-hydrogen) atoms. The van der Waals surface area contributed by atoms with Gasteiger partial charge in [0.2, 0.25) is 5.91 Å². The van der Waals surface area contributed by atoms with Gasteiger partial charge < -0.3 is 9.67 Å². The van der Waals surface area contributed by atoms with Crippen molar-refractivity contribution in [3.63, 3.8) is 0 Å². The van der Waals surface area contributed by atoms with E-state index >= 15 is 0 Å². The highest BCUT2D eigenvalue weighted by Crippen LogP contribution is 2.11. The monoisotopic (exact) mass is 285 g/mol. The summed E-state index contributed by atoms with van der Waals surface area (Å²) in [5.74, 6) is 0.0588. The predicted molar refractivity (Wildman–Crippen MR) is 82.2 cm³/mol. The zero-order valence-electron chi connectivity index (χ0n) is 12.2. The van der Waals surface area contributed by atoms with E-state index in [-0.39, 0.29) is 11.7 Å². The molecule has 1 amide bonds. The topological polar surface area (TPSA) is 66.6 Å². The number of hydrazone groups is 1. The van der Waals surface area contributed by atoms with E-state index in [0.717, 1.165) is 17.0 Å². The van der Waals surface area contributed by atoms with Crippen molar-refractivity contribution in [1.29, 1.82) is 0 Å². The first-order valence-electron chi connectivity index (χ1n) is 6.85. The molecule has 1 aromatic heterocycles. The quantitative estimate of drug-likeness (QED) is 0.653. The maximum Gasteiger partial charge on any atom is 0.246 e. The van der Waals surface area contributed by atoms with Gasteiger partial charge in [0, 0.05) is 18.9 Å². The van der Waals surface area contributed by atoms with Crippen LogP contribution in [0.5, 0.6) is 5.75 Å². The van der Waals surface area contributed by atoms with Crippen molar-refractivity contribution >= 4 is 11.6 Å². The Labute approximate surface area is 123 Å². The van der Waals surface area contributed by atoms with Crippen LogP contribution in [-0.4, -0.2) is 21.3 Å². The van der Waals surface area contributed by atoms with Gasteiger partial charge in [-0.15, -0.1) is 0 Å². The molecule has 0 saturated heterocycles. The molecule has 110 valence electrons. The molecule has 5 heteroatoms. The van der Waals surface area contributed by atoms with E-state index in [0.29, 0.717) is 12.8 Å². The minimum absolute atomic E-state index is 0.151. The van der Waals surface area contributed by atoms with Gasteiger partial charge in [-0.3, -0.25) is 4.79 Å². The molecule has 0 radical (unpaired) electrons. The molecule has 5 nitrogen and oxygen atoms in total. The summed E-state index contributed by atoms with van der Waals surface area (Å²) in [5.41, 5.74) is 5.18. The average Bonchev–Trinajstić information content (AvgIpc) is 2.87. The molecule has 0 aliphatic carbocycles. The SMILES string of the molecule is CC/C(=N/NC(=O)Cc1cccn1C)c1ccc(O)cc1. The minimum atomic E-state index is -0.151. The lowest BCUT2D eigenvalue weighted by atomic mass is 10.1. The van der Waals surface area contributed by atoms with Gasteiger partial charge in [0.25, 0.3) is 0 Å². The molecule has 0 unspecified atom stereocenters. The number of phenols is 1. The molecule has 0 aliphatic rings. The second-order valence-electron chi connectivity index (χ2n) is 4.78. The number of rotatable bonds is 5. The first kappa shape index (κ1) is 14.8. The lowest BCUT2D eigenvalue weighted by molar-refractivity contribution is -0.120. The summed E-state index contributed by atoms with van der Waals surface area (Å²) < 4.78 is 1.91. The lowest BCUT2D eigenvalue weighted by Gasteiger charge is -2.06. The normalized spacial score (nSPS) is 11.4. The third-order valence-corrected chi connectivity index (χ3v) is 3.24. The van der Waals surface area contributed by atoms with Crippen LogP contribution < -0.4 is 5.43 Å². The fourth-order valence-electron chi connectivity index (χ4n) is 2.02. The van der Waals surface area contributed by atoms with Crippen LogP contribution in [0.1, 0.15) is 24.6 Å². The summed E-state index contributed by atoms with van der Waals surface area (Å²) in [7, 11) is 1.90. The highest BCUT2D eigenvalue weighted by Gasteiger charge is 2.06. The molecule has 0 saturated carbocycles. The van der Waals surface area contributed by atoms with E-state index in [1.807, 2.05) is 36.9 Å². The van der Waals surface area contributed by atoms with E-state index in [9.17, 15) is 9.90 Å². The van der Waals surface area contributed by atoms with E-state index in [4.69, 9.17) is 0 Å². The number of aromatic nitrogens is 1. The van der Waals surface area contributed by atoms with Gasteiger partial charge in [-0.1, -0.05) is 6.92 Å². The largest absolute Gasteiger partial charge is 0.508 e. The number of carbonyl (C=O) groups is 1. The van der Waals surface area contributed by atoms with Crippen molar-refractivity contribution in [1.82, 2.24) is 9.99 Å². The number of hydrogen-bond acceptors (Lipinski definition) is 3. The Hall–Kier alpha value is -2.56. The average molecular weight is 285 g/mol. The van der Waals surface area contributed by atoms with Crippen LogP contribution in [0.4, 0.5) is 0 Å². The number of aryl methyl sites for hydroxylation is 1. The van der Waals surface area contributed by atoms with Crippen molar-refractivity contribution in [2.75, 3.05) is 0 Å². The fraction of sp³-hybridized carbons (Fsp3) is 0.250. The molecule has 0 aliphatic heterocycles. The summed E-state index contributed by atoms with van der Waals surface area (Å²) in [6.07, 6.45) is 2.88. The van der Waals surface area contributed by atoms with Crippen LogP contribution in [0.2, 0.25) is 0 Å². The van der Waals surface area contributed by atoms with Crippen molar-refractivity contribution in [2.24, 2.45) is 12.1 Å². The Bertz CT molecular complexity index is 642. The third kappa shape index (κ3) is 3.95. The van der Waals surface area contributed by atoms with Crippen LogP contribution in [0.3, 0.4) is 0 Å². The van der Waals surface area contributed by atoms with E-state index in [1.165, 1.54) is 0 Å². The molecule has 1 aromatic carbocycles. The maximum absolute atomic E-state index is 11.9. The van der Waals surface area contributed by atoms with Crippen LogP contribution in [0.15, 0.2) is 47.7 Å². The Kier molecular flexibility index (Phi) is 4.77. The number of aromatic hydroxyl groups is 1. The zero-order valence-corrected chi connectivity index (χ0v) is 12.2. The van der Waals surface area contributed by atoms with Gasteiger partial charge in [0.05, 0.1) is 12.1 Å². The van der Waals surface area contributed by atoms with Crippen LogP contribution in [0.25, 0.3) is 0 Å². The molecular weight excluding hydrogens is 266 g/mol. The van der Waals surface area contributed by atoms with Crippen molar-refractivity contribution in [3.05, 3.63) is 53.9 Å². The highest BCUT2D eigenvalue weighted by atomic mass is 16.3. The van der Waals surface area contributed by atoms with Crippen LogP contribution in [0, 0.1) is 0 Å². The third-order valence-electron chi connectivity index (χ3n) is 3.24. The molecule has 0 fully saturated rings. The first-order chi connectivity index (χ1) is 10.1. The van der Waals surface area contributed by atoms with E-state index in [2.05, 4.69) is 10.5 Å². The van der Waals surface area contributed by atoms with Crippen LogP contribution >= 0.6 is 0 Å². The zero-order chi connectivity index (χ0) is 15.2. The molecule has 0 spiro atoms. The summed E-state index contributed by atoms with van der Waals surface area (Å²) >= 11 is 0. The van der Waals surface area contributed by atoms with Crippen molar-refractivity contribution < 1.29 is 9.90 Å². The number of carbonyl (C=O) groups excluding carboxylic acids is 1. The second kappa shape index (κ2) is 6.74. The Morgan fingerprint density at radius 2 is 2.00 bits per heavy atom. The minimum Gasteiger partial charge on any atom is -0.508 e. The number of amides is 1. The molecule has 2 N–H and O–H groups in total. The number of nitrogens with zero attached hydrogens (tertiary/aromatic N) is 2. The first-order valence-corrected chi connectivity index (χ1v) is 6.85. The predicted octanol–water partition coefficient (Wildman–Crippen LogP) is 2.20. The number of phenolic OH excluding ortho intramolecular Hbond substituents is 1. The molecule has 2 aromatic rings.